The Labute approximate surface area is 331 Å². The van der Waals surface area contributed by atoms with Crippen LogP contribution < -0.4 is 10.6 Å². The SMILES string of the molecule is Cc1cc(C)c(NC2c3cccc4cccc(c34)C2Nc2c(C(c3ccccc3)c3ccccc3)cc(C)cc2C(c2ccccc2)c2ccccc2)c(C)c1. The summed E-state index contributed by atoms with van der Waals surface area (Å²) in [5.74, 6) is -0.00312. The van der Waals surface area contributed by atoms with Crippen LogP contribution in [0.1, 0.15) is 90.7 Å². The Kier molecular flexibility index (Phi) is 9.49. The van der Waals surface area contributed by atoms with Crippen LogP contribution in [0.25, 0.3) is 10.8 Å². The Bertz CT molecular complexity index is 2420. The number of hydrogen-bond donors (Lipinski definition) is 2. The van der Waals surface area contributed by atoms with E-state index in [-0.39, 0.29) is 23.9 Å². The maximum absolute atomic E-state index is 4.41. The van der Waals surface area contributed by atoms with Crippen LogP contribution in [-0.2, 0) is 0 Å². The zero-order valence-corrected chi connectivity index (χ0v) is 32.6. The molecule has 8 aromatic carbocycles. The van der Waals surface area contributed by atoms with E-state index in [9.17, 15) is 0 Å². The number of hydrogen-bond acceptors (Lipinski definition) is 2. The molecular weight excluding hydrogens is 677 g/mol. The summed E-state index contributed by atoms with van der Waals surface area (Å²) >= 11 is 0. The molecule has 0 fully saturated rings. The number of anilines is 2. The first-order valence-corrected chi connectivity index (χ1v) is 19.9. The van der Waals surface area contributed by atoms with Crippen molar-refractivity contribution in [3.63, 3.8) is 0 Å². The van der Waals surface area contributed by atoms with E-state index < -0.39 is 0 Å². The van der Waals surface area contributed by atoms with Gasteiger partial charge in [-0.3, -0.25) is 0 Å². The molecule has 0 amide bonds. The van der Waals surface area contributed by atoms with Gasteiger partial charge in [-0.2, -0.15) is 0 Å². The maximum Gasteiger partial charge on any atom is 0.0763 e. The van der Waals surface area contributed by atoms with E-state index >= 15 is 0 Å². The van der Waals surface area contributed by atoms with E-state index in [1.165, 1.54) is 88.9 Å². The predicted molar refractivity (Wildman–Crippen MR) is 236 cm³/mol. The molecule has 0 saturated heterocycles. The van der Waals surface area contributed by atoms with Crippen molar-refractivity contribution >= 4 is 22.1 Å². The van der Waals surface area contributed by atoms with E-state index in [1.54, 1.807) is 0 Å². The first kappa shape index (κ1) is 35.3. The fourth-order valence-electron chi connectivity index (χ4n) is 9.47. The molecule has 2 heteroatoms. The van der Waals surface area contributed by atoms with Crippen molar-refractivity contribution in [2.24, 2.45) is 0 Å². The largest absolute Gasteiger partial charge is 0.375 e. The summed E-state index contributed by atoms with van der Waals surface area (Å²) in [7, 11) is 0. The molecule has 0 heterocycles. The third-order valence-electron chi connectivity index (χ3n) is 11.7. The summed E-state index contributed by atoms with van der Waals surface area (Å²) in [4.78, 5) is 0. The minimum absolute atomic E-state index is 0.00156. The second-order valence-corrected chi connectivity index (χ2v) is 15.6. The molecule has 9 rings (SSSR count). The molecule has 2 atom stereocenters. The summed E-state index contributed by atoms with van der Waals surface area (Å²) < 4.78 is 0. The van der Waals surface area contributed by atoms with E-state index in [0.717, 1.165) is 0 Å². The van der Waals surface area contributed by atoms with Gasteiger partial charge < -0.3 is 10.6 Å². The third-order valence-corrected chi connectivity index (χ3v) is 11.7. The van der Waals surface area contributed by atoms with E-state index in [2.05, 4.69) is 220 Å². The third kappa shape index (κ3) is 6.56. The molecule has 0 spiro atoms. The highest BCUT2D eigenvalue weighted by atomic mass is 15.0. The van der Waals surface area contributed by atoms with Crippen molar-refractivity contribution in [1.29, 1.82) is 0 Å². The van der Waals surface area contributed by atoms with Gasteiger partial charge in [0.05, 0.1) is 12.1 Å². The molecule has 0 radical (unpaired) electrons. The average Bonchev–Trinajstić information content (AvgIpc) is 3.52. The van der Waals surface area contributed by atoms with Gasteiger partial charge in [-0.15, -0.1) is 0 Å². The number of rotatable bonds is 10. The normalized spacial score (nSPS) is 14.8. The van der Waals surface area contributed by atoms with Crippen LogP contribution in [0.4, 0.5) is 11.4 Å². The summed E-state index contributed by atoms with van der Waals surface area (Å²) in [5.41, 5.74) is 17.7. The fourth-order valence-corrected chi connectivity index (χ4v) is 9.47. The van der Waals surface area contributed by atoms with Gasteiger partial charge in [0.25, 0.3) is 0 Å². The highest BCUT2D eigenvalue weighted by Crippen LogP contribution is 2.51. The Hall–Kier alpha value is -6.38. The Morgan fingerprint density at radius 1 is 0.375 bits per heavy atom. The zero-order chi connectivity index (χ0) is 38.2. The Balaban J connectivity index is 1.32. The molecule has 1 aliphatic rings. The van der Waals surface area contributed by atoms with Crippen molar-refractivity contribution in [3.05, 3.63) is 249 Å². The molecule has 0 aliphatic heterocycles. The Morgan fingerprint density at radius 2 is 0.732 bits per heavy atom. The molecule has 2 N–H and O–H groups in total. The van der Waals surface area contributed by atoms with Gasteiger partial charge in [0, 0.05) is 23.2 Å². The van der Waals surface area contributed by atoms with E-state index in [0.29, 0.717) is 0 Å². The topological polar surface area (TPSA) is 24.1 Å². The minimum Gasteiger partial charge on any atom is -0.375 e. The second kappa shape index (κ2) is 15.0. The number of nitrogens with one attached hydrogen (secondary N) is 2. The smallest absolute Gasteiger partial charge is 0.0763 e. The van der Waals surface area contributed by atoms with Crippen LogP contribution in [0, 0.1) is 27.7 Å². The van der Waals surface area contributed by atoms with Crippen LogP contribution in [0.15, 0.2) is 182 Å². The lowest BCUT2D eigenvalue weighted by atomic mass is 9.78. The lowest BCUT2D eigenvalue weighted by Gasteiger charge is -2.33. The van der Waals surface area contributed by atoms with Crippen molar-refractivity contribution in [3.8, 4) is 0 Å². The number of benzene rings is 8. The first-order valence-electron chi connectivity index (χ1n) is 19.9. The van der Waals surface area contributed by atoms with Crippen LogP contribution in [0.2, 0.25) is 0 Å². The maximum atomic E-state index is 4.41. The highest BCUT2D eigenvalue weighted by Gasteiger charge is 2.37. The van der Waals surface area contributed by atoms with Crippen molar-refractivity contribution < 1.29 is 0 Å². The van der Waals surface area contributed by atoms with Gasteiger partial charge in [0.1, 0.15) is 0 Å². The van der Waals surface area contributed by atoms with Crippen LogP contribution in [0.5, 0.6) is 0 Å². The van der Waals surface area contributed by atoms with E-state index in [4.69, 9.17) is 0 Å². The van der Waals surface area contributed by atoms with Crippen LogP contribution >= 0.6 is 0 Å². The molecule has 2 unspecified atom stereocenters. The minimum atomic E-state index is -0.0594. The van der Waals surface area contributed by atoms with Gasteiger partial charge in [-0.1, -0.05) is 193 Å². The monoisotopic (exact) mass is 724 g/mol. The molecule has 0 aromatic heterocycles. The highest BCUT2D eigenvalue weighted by molar-refractivity contribution is 5.93. The molecule has 0 saturated carbocycles. The molecule has 2 nitrogen and oxygen atoms in total. The lowest BCUT2D eigenvalue weighted by molar-refractivity contribution is 0.677. The predicted octanol–water partition coefficient (Wildman–Crippen LogP) is 13.8. The lowest BCUT2D eigenvalue weighted by Crippen LogP contribution is -2.24. The first-order chi connectivity index (χ1) is 27.4. The van der Waals surface area contributed by atoms with E-state index in [1.807, 2.05) is 0 Å². The standard InChI is InChI=1S/C54H48N2/c1-35-31-37(3)51(38(4)32-35)55-53-44-29-17-27-43-28-18-30-45(50(43)44)54(53)56-52-46(48(39-19-9-5-10-20-39)40-21-11-6-12-22-40)33-36(2)34-47(52)49(41-23-13-7-14-24-41)42-25-15-8-16-26-42/h5-34,48-49,53-56H,1-4H3. The zero-order valence-electron chi connectivity index (χ0n) is 32.6. The second-order valence-electron chi connectivity index (χ2n) is 15.6. The van der Waals surface area contributed by atoms with Gasteiger partial charge >= 0.3 is 0 Å². The van der Waals surface area contributed by atoms with Gasteiger partial charge in [0.15, 0.2) is 0 Å². The van der Waals surface area contributed by atoms with Crippen LogP contribution in [0.3, 0.4) is 0 Å². The quantitative estimate of drug-likeness (QED) is 0.137. The van der Waals surface area contributed by atoms with Gasteiger partial charge in [-0.25, -0.2) is 0 Å². The summed E-state index contributed by atoms with van der Waals surface area (Å²) in [6.07, 6.45) is 0. The molecule has 1 aliphatic carbocycles. The summed E-state index contributed by atoms with van der Waals surface area (Å²) in [6, 6.07) is 67.2. The molecular formula is C54H48N2. The fraction of sp³-hybridized carbons (Fsp3) is 0.148. The molecule has 56 heavy (non-hydrogen) atoms. The van der Waals surface area contributed by atoms with Gasteiger partial charge in [-0.05, 0) is 94.1 Å². The average molecular weight is 725 g/mol. The summed E-state index contributed by atoms with van der Waals surface area (Å²) in [6.45, 7) is 8.92. The summed E-state index contributed by atoms with van der Waals surface area (Å²) in [5, 5.41) is 11.2. The van der Waals surface area contributed by atoms with Crippen molar-refractivity contribution in [2.75, 3.05) is 10.6 Å². The van der Waals surface area contributed by atoms with Crippen LogP contribution in [-0.4, -0.2) is 0 Å². The van der Waals surface area contributed by atoms with Crippen molar-refractivity contribution in [2.45, 2.75) is 51.6 Å². The molecule has 274 valence electrons. The number of aryl methyl sites for hydroxylation is 4. The Morgan fingerprint density at radius 3 is 1.12 bits per heavy atom. The molecule has 0 bridgehead atoms. The molecule has 8 aromatic rings. The van der Waals surface area contributed by atoms with Gasteiger partial charge in [0.2, 0.25) is 0 Å². The van der Waals surface area contributed by atoms with Crippen molar-refractivity contribution in [1.82, 2.24) is 0 Å².